The van der Waals surface area contributed by atoms with Crippen LogP contribution in [0.4, 0.5) is 17.7 Å². The van der Waals surface area contributed by atoms with Gasteiger partial charge in [-0.25, -0.2) is 15.0 Å². The third-order valence-corrected chi connectivity index (χ3v) is 10.7. The smallest absolute Gasteiger partial charge is 0.325 e. The maximum Gasteiger partial charge on any atom is 0.325 e. The second-order valence-electron chi connectivity index (χ2n) is 10.6. The van der Waals surface area contributed by atoms with E-state index in [1.165, 1.54) is 21.8 Å². The summed E-state index contributed by atoms with van der Waals surface area (Å²) in [6.45, 7) is -7.61. The van der Waals surface area contributed by atoms with E-state index >= 15 is 0 Å². The van der Waals surface area contributed by atoms with Gasteiger partial charge >= 0.3 is 13.4 Å². The third kappa shape index (κ3) is 5.65. The van der Waals surface area contributed by atoms with Crippen LogP contribution < -0.4 is 17.2 Å². The Labute approximate surface area is 268 Å². The molecule has 3 unspecified atom stereocenters. The Morgan fingerprint density at radius 2 is 1.22 bits per heavy atom. The molecule has 4 aromatic heterocycles. The van der Waals surface area contributed by atoms with E-state index in [9.17, 15) is 20.0 Å². The van der Waals surface area contributed by atoms with Gasteiger partial charge in [0, 0.05) is 0 Å². The van der Waals surface area contributed by atoms with Crippen LogP contribution in [0.1, 0.15) is 18.1 Å². The van der Waals surface area contributed by atoms with Gasteiger partial charge in [-0.1, -0.05) is 0 Å². The molecule has 3 saturated heterocycles. The minimum Gasteiger partial charge on any atom is -0.386 e. The molecule has 0 saturated carbocycles. The minimum atomic E-state index is -4.15. The molecule has 0 aromatic carbocycles. The van der Waals surface area contributed by atoms with Crippen molar-refractivity contribution in [2.45, 2.75) is 56.0 Å². The molecule has 0 aliphatic carbocycles. The summed E-state index contributed by atoms with van der Waals surface area (Å²) >= 11 is 10.5. The molecule has 21 nitrogen and oxygen atoms in total. The Hall–Kier alpha value is -2.60. The molecule has 3 fully saturated rings. The number of aromatic nitrogens is 8. The fourth-order valence-corrected chi connectivity index (χ4v) is 8.43. The zero-order chi connectivity index (χ0) is 32.7. The molecule has 25 heteroatoms. The van der Waals surface area contributed by atoms with Crippen molar-refractivity contribution in [1.29, 1.82) is 0 Å². The summed E-state index contributed by atoms with van der Waals surface area (Å²) in [5.74, 6) is -0.167. The maximum atomic E-state index is 11.3. The predicted octanol–water partition coefficient (Wildman–Crippen LogP) is -1.51. The van der Waals surface area contributed by atoms with Gasteiger partial charge in [0.15, 0.2) is 29.6 Å². The number of aliphatic hydroxyl groups is 2. The van der Waals surface area contributed by atoms with Crippen molar-refractivity contribution in [3.63, 3.8) is 0 Å². The second-order valence-corrected chi connectivity index (χ2v) is 16.1. The van der Waals surface area contributed by atoms with Crippen molar-refractivity contribution < 1.29 is 47.6 Å². The Bertz CT molecular complexity index is 1800. The van der Waals surface area contributed by atoms with Gasteiger partial charge in [-0.05, 0) is 30.5 Å². The van der Waals surface area contributed by atoms with Gasteiger partial charge in [0.1, 0.15) is 47.7 Å². The van der Waals surface area contributed by atoms with Crippen LogP contribution >= 0.6 is 13.4 Å². The van der Waals surface area contributed by atoms with Crippen LogP contribution in [0.3, 0.4) is 0 Å². The first-order chi connectivity index (χ1) is 21.7. The van der Waals surface area contributed by atoms with Crippen LogP contribution in [0.15, 0.2) is 12.7 Å². The average Bonchev–Trinajstić information content (AvgIpc) is 3.72. The molecule has 3 aliphatic rings. The molecule has 46 heavy (non-hydrogen) atoms. The van der Waals surface area contributed by atoms with Gasteiger partial charge in [0.2, 0.25) is 11.9 Å². The van der Waals surface area contributed by atoms with Crippen molar-refractivity contribution in [1.82, 2.24) is 39.0 Å². The van der Waals surface area contributed by atoms with E-state index in [0.717, 1.165) is 0 Å². The number of hydrogen-bond acceptors (Lipinski definition) is 19. The number of imidazole rings is 2. The standard InChI is InChI=1S/C21H27N11O10P2S2/c1-6-9-16(29-20(23)27-6)31(4-25-9)18-11(33)13-7(39-18)2-37-44(36,46)42-14-8(3-38-43(35,45)41-13)40-19(12(14)34)32-5-26-10-15(22)28-21(24)30-17(10)32/h4-5,7-8,11-14,18-19,33-34H,2-3H2,1H3,(H,35,45)(H,36,46)(H2,23,27,29)(H4,22,24,28,30)/t7-,8-,11-,12-,13-,14-,18?,19-,43?,44?/m1/s1. The molecule has 7 rings (SSSR count). The Balaban J connectivity index is 1.17. The van der Waals surface area contributed by atoms with E-state index < -0.39 is 75.7 Å². The molecule has 3 aliphatic heterocycles. The number of nitrogen functional groups attached to an aromatic ring is 3. The molecule has 10 N–H and O–H groups in total. The topological polar surface area (TPSA) is 302 Å². The number of aliphatic hydroxyl groups excluding tert-OH is 2. The van der Waals surface area contributed by atoms with Gasteiger partial charge in [0.05, 0.1) is 31.6 Å². The molecule has 0 amide bonds. The van der Waals surface area contributed by atoms with Gasteiger partial charge in [-0.2, -0.15) is 15.0 Å². The number of nitrogens with two attached hydrogens (primary N) is 3. The number of ether oxygens (including phenoxy) is 2. The van der Waals surface area contributed by atoms with Gasteiger partial charge in [0.25, 0.3) is 0 Å². The van der Waals surface area contributed by atoms with E-state index in [-0.39, 0.29) is 34.5 Å². The van der Waals surface area contributed by atoms with E-state index in [1.54, 1.807) is 6.92 Å². The number of hydrogen-bond donors (Lipinski definition) is 7. The quantitative estimate of drug-likeness (QED) is 0.116. The van der Waals surface area contributed by atoms with E-state index in [1.807, 2.05) is 0 Å². The molecular weight excluding hydrogens is 692 g/mol. The lowest BCUT2D eigenvalue weighted by Crippen LogP contribution is -2.39. The van der Waals surface area contributed by atoms with Crippen molar-refractivity contribution in [2.75, 3.05) is 30.4 Å². The SMILES string of the molecule is Cc1nc(N)nc2c1ncn2C1O[C@@H]2COP(O)(=S)O[C@H]3[C@@H](O)[C@H](n4cnc5c(N)nc(N)nc54)O[C@@H]3COP(O)(=S)O[C@H]2[C@H]1O. The largest absolute Gasteiger partial charge is 0.386 e. The van der Waals surface area contributed by atoms with Crippen LogP contribution in [0.5, 0.6) is 0 Å². The summed E-state index contributed by atoms with van der Waals surface area (Å²) in [7, 11) is 0. The van der Waals surface area contributed by atoms with Crippen LogP contribution in [0, 0.1) is 6.92 Å². The van der Waals surface area contributed by atoms with Crippen LogP contribution in [0.2, 0.25) is 0 Å². The fraction of sp³-hybridized carbons (Fsp3) is 0.524. The fourth-order valence-electron chi connectivity index (χ4n) is 5.54. The molecule has 0 bridgehead atoms. The molecular formula is C21H27N11O10P2S2. The molecule has 4 aromatic rings. The van der Waals surface area contributed by atoms with Gasteiger partial charge in [-0.15, -0.1) is 0 Å². The molecule has 0 spiro atoms. The Morgan fingerprint density at radius 3 is 1.74 bits per heavy atom. The van der Waals surface area contributed by atoms with E-state index in [0.29, 0.717) is 11.2 Å². The summed E-state index contributed by atoms with van der Waals surface area (Å²) in [6.07, 6.45) is -7.83. The van der Waals surface area contributed by atoms with E-state index in [2.05, 4.69) is 29.9 Å². The summed E-state index contributed by atoms with van der Waals surface area (Å²) in [5.41, 5.74) is 19.0. The maximum absolute atomic E-state index is 11.3. The first-order valence-corrected chi connectivity index (χ1v) is 18.6. The Morgan fingerprint density at radius 1 is 0.761 bits per heavy atom. The van der Waals surface area contributed by atoms with Crippen molar-refractivity contribution in [2.24, 2.45) is 0 Å². The number of nitrogens with zero attached hydrogens (tertiary/aromatic N) is 8. The molecule has 248 valence electrons. The number of aryl methyl sites for hydroxylation is 1. The molecule has 0 radical (unpaired) electrons. The normalized spacial score (nSPS) is 37.2. The summed E-state index contributed by atoms with van der Waals surface area (Å²) in [6, 6.07) is 0. The molecule has 7 heterocycles. The van der Waals surface area contributed by atoms with Gasteiger partial charge in [-0.3, -0.25) is 18.2 Å². The van der Waals surface area contributed by atoms with Crippen molar-refractivity contribution in [3.05, 3.63) is 18.3 Å². The summed E-state index contributed by atoms with van der Waals surface area (Å²) < 4.78 is 37.5. The first kappa shape index (κ1) is 32.0. The number of anilines is 3. The summed E-state index contributed by atoms with van der Waals surface area (Å²) in [4.78, 5) is 46.9. The highest BCUT2D eigenvalue weighted by molar-refractivity contribution is 8.07. The highest BCUT2D eigenvalue weighted by atomic mass is 32.5. The lowest BCUT2D eigenvalue weighted by Gasteiger charge is -2.30. The van der Waals surface area contributed by atoms with E-state index in [4.69, 9.17) is 68.4 Å². The van der Waals surface area contributed by atoms with Crippen LogP contribution in [-0.4, -0.2) is 109 Å². The highest BCUT2D eigenvalue weighted by Gasteiger charge is 2.52. The zero-order valence-corrected chi connectivity index (χ0v) is 26.9. The lowest BCUT2D eigenvalue weighted by molar-refractivity contribution is -0.0593. The Kier molecular flexibility index (Phi) is 8.01. The van der Waals surface area contributed by atoms with Crippen molar-refractivity contribution in [3.8, 4) is 0 Å². The van der Waals surface area contributed by atoms with Crippen molar-refractivity contribution >= 4 is 77.1 Å². The average molecular weight is 720 g/mol. The van der Waals surface area contributed by atoms with Gasteiger partial charge < -0.3 is 55.7 Å². The number of rotatable bonds is 2. The lowest BCUT2D eigenvalue weighted by atomic mass is 10.1. The predicted molar refractivity (Wildman–Crippen MR) is 163 cm³/mol. The van der Waals surface area contributed by atoms with Crippen LogP contribution in [-0.2, 0) is 51.2 Å². The minimum absolute atomic E-state index is 0.00289. The zero-order valence-electron chi connectivity index (χ0n) is 23.4. The van der Waals surface area contributed by atoms with Crippen LogP contribution in [0.25, 0.3) is 22.3 Å². The monoisotopic (exact) mass is 719 g/mol. The first-order valence-electron chi connectivity index (χ1n) is 13.4. The third-order valence-electron chi connectivity index (χ3n) is 7.56. The molecule has 10 atom stereocenters. The summed E-state index contributed by atoms with van der Waals surface area (Å²) in [5, 5.41) is 22.7. The second kappa shape index (κ2) is 11.5. The number of fused-ring (bicyclic) bond motifs is 4. The highest BCUT2D eigenvalue weighted by Crippen LogP contribution is 2.54.